The minimum absolute atomic E-state index is 0.0798. The molecule has 3 N–H and O–H groups in total. The minimum Gasteiger partial charge on any atom is -0.395 e. The molecule has 0 aliphatic heterocycles. The van der Waals surface area contributed by atoms with Crippen LogP contribution in [0.15, 0.2) is 72.9 Å². The summed E-state index contributed by atoms with van der Waals surface area (Å²) in [5.41, 5.74) is 11.9. The molecular weight excluding hydrogens is 372 g/mol. The van der Waals surface area contributed by atoms with E-state index in [0.717, 1.165) is 51.2 Å². The Hall–Kier alpha value is -3.28. The molecule has 0 spiro atoms. The Balaban J connectivity index is 1.96. The second-order valence-electron chi connectivity index (χ2n) is 7.16. The summed E-state index contributed by atoms with van der Waals surface area (Å²) in [5, 5.41) is 10.5. The first-order chi connectivity index (χ1) is 14.7. The topological polar surface area (TPSA) is 75.3 Å². The largest absolute Gasteiger partial charge is 0.395 e. The molecule has 0 atom stereocenters. The van der Waals surface area contributed by atoms with Crippen LogP contribution in [0.3, 0.4) is 0 Å². The van der Waals surface area contributed by atoms with Crippen LogP contribution in [0.5, 0.6) is 0 Å². The summed E-state index contributed by atoms with van der Waals surface area (Å²) >= 11 is 0. The fourth-order valence-electron chi connectivity index (χ4n) is 3.72. The molecule has 0 saturated heterocycles. The average molecular weight is 399 g/mol. The van der Waals surface area contributed by atoms with Crippen LogP contribution in [0.4, 0.5) is 5.82 Å². The lowest BCUT2D eigenvalue weighted by molar-refractivity contribution is 0.302. The van der Waals surface area contributed by atoms with Gasteiger partial charge in [-0.25, -0.2) is 9.97 Å². The van der Waals surface area contributed by atoms with Gasteiger partial charge in [0.2, 0.25) is 0 Å². The number of pyridine rings is 2. The molecule has 0 unspecified atom stereocenters. The molecule has 4 aromatic rings. The van der Waals surface area contributed by atoms with E-state index < -0.39 is 0 Å². The van der Waals surface area contributed by atoms with Crippen molar-refractivity contribution in [2.24, 2.45) is 5.73 Å². The second kappa shape index (κ2) is 9.03. The maximum absolute atomic E-state index is 9.48. The van der Waals surface area contributed by atoms with E-state index in [1.54, 1.807) is 6.20 Å². The highest BCUT2D eigenvalue weighted by Crippen LogP contribution is 2.35. The van der Waals surface area contributed by atoms with Gasteiger partial charge in [-0.1, -0.05) is 54.6 Å². The van der Waals surface area contributed by atoms with Crippen molar-refractivity contribution < 1.29 is 5.11 Å². The van der Waals surface area contributed by atoms with Crippen LogP contribution < -0.4 is 10.6 Å². The third-order valence-corrected chi connectivity index (χ3v) is 5.32. The number of benzene rings is 2. The van der Waals surface area contributed by atoms with E-state index in [4.69, 9.17) is 10.7 Å². The van der Waals surface area contributed by atoms with Gasteiger partial charge < -0.3 is 15.7 Å². The minimum atomic E-state index is 0.0798. The summed E-state index contributed by atoms with van der Waals surface area (Å²) in [4.78, 5) is 11.7. The van der Waals surface area contributed by atoms with Crippen molar-refractivity contribution in [1.29, 1.82) is 0 Å². The maximum atomic E-state index is 9.48. The third kappa shape index (κ3) is 3.90. The van der Waals surface area contributed by atoms with Crippen LogP contribution >= 0.6 is 0 Å². The van der Waals surface area contributed by atoms with Gasteiger partial charge in [-0.2, -0.15) is 0 Å². The van der Waals surface area contributed by atoms with Gasteiger partial charge in [0.05, 0.1) is 17.8 Å². The Morgan fingerprint density at radius 1 is 0.967 bits per heavy atom. The molecule has 2 aromatic heterocycles. The summed E-state index contributed by atoms with van der Waals surface area (Å²) in [7, 11) is 0. The van der Waals surface area contributed by atoms with Gasteiger partial charge in [0.15, 0.2) is 0 Å². The summed E-state index contributed by atoms with van der Waals surface area (Å²) in [5.74, 6) is 0.846. The molecule has 2 aromatic carbocycles. The number of aliphatic hydroxyl groups excluding tert-OH is 1. The Morgan fingerprint density at radius 2 is 1.73 bits per heavy atom. The molecule has 2 heterocycles. The molecule has 0 amide bonds. The zero-order valence-corrected chi connectivity index (χ0v) is 17.1. The van der Waals surface area contributed by atoms with Crippen LogP contribution in [-0.2, 0) is 6.54 Å². The average Bonchev–Trinajstić information content (AvgIpc) is 2.82. The van der Waals surface area contributed by atoms with Crippen molar-refractivity contribution >= 4 is 16.7 Å². The number of hydrogen-bond donors (Lipinski definition) is 2. The molecular formula is C25H26N4O. The van der Waals surface area contributed by atoms with E-state index in [0.29, 0.717) is 13.1 Å². The van der Waals surface area contributed by atoms with Crippen molar-refractivity contribution in [2.45, 2.75) is 13.5 Å². The van der Waals surface area contributed by atoms with Gasteiger partial charge in [-0.15, -0.1) is 0 Å². The molecule has 0 saturated carbocycles. The lowest BCUT2D eigenvalue weighted by Crippen LogP contribution is -2.27. The van der Waals surface area contributed by atoms with Crippen LogP contribution in [0, 0.1) is 0 Å². The van der Waals surface area contributed by atoms with Crippen molar-refractivity contribution in [3.05, 3.63) is 78.5 Å². The normalized spacial score (nSPS) is 11.0. The third-order valence-electron chi connectivity index (χ3n) is 5.32. The highest BCUT2D eigenvalue weighted by Gasteiger charge is 2.16. The number of likely N-dealkylation sites (N-methyl/N-ethyl adjacent to an activating group) is 1. The van der Waals surface area contributed by atoms with Gasteiger partial charge in [0.25, 0.3) is 0 Å². The highest BCUT2D eigenvalue weighted by molar-refractivity contribution is 5.97. The first-order valence-corrected chi connectivity index (χ1v) is 10.3. The molecule has 5 nitrogen and oxygen atoms in total. The summed E-state index contributed by atoms with van der Waals surface area (Å²) in [6.07, 6.45) is 1.79. The second-order valence-corrected chi connectivity index (χ2v) is 7.16. The van der Waals surface area contributed by atoms with Crippen molar-refractivity contribution in [1.82, 2.24) is 9.97 Å². The Morgan fingerprint density at radius 3 is 2.40 bits per heavy atom. The Bertz CT molecular complexity index is 1130. The van der Waals surface area contributed by atoms with E-state index in [1.165, 1.54) is 0 Å². The van der Waals surface area contributed by atoms with Gasteiger partial charge in [-0.05, 0) is 30.2 Å². The monoisotopic (exact) mass is 398 g/mol. The summed E-state index contributed by atoms with van der Waals surface area (Å²) in [6, 6.07) is 22.7. The zero-order valence-electron chi connectivity index (χ0n) is 17.1. The predicted molar refractivity (Wildman–Crippen MR) is 123 cm³/mol. The van der Waals surface area contributed by atoms with Gasteiger partial charge in [0.1, 0.15) is 5.82 Å². The number of nitrogens with two attached hydrogens (primary N) is 1. The van der Waals surface area contributed by atoms with E-state index in [2.05, 4.69) is 47.1 Å². The molecule has 152 valence electrons. The molecule has 5 heteroatoms. The smallest absolute Gasteiger partial charge is 0.138 e. The van der Waals surface area contributed by atoms with E-state index in [9.17, 15) is 5.11 Å². The SMILES string of the molecule is CCN(CCO)c1nccc2nc(-c3ccc(CN)cc3)c(-c3ccccc3)cc12. The molecule has 4 rings (SSSR count). The predicted octanol–water partition coefficient (Wildman–Crippen LogP) is 4.24. The lowest BCUT2D eigenvalue weighted by atomic mass is 9.97. The van der Waals surface area contributed by atoms with E-state index in [-0.39, 0.29) is 6.61 Å². The first-order valence-electron chi connectivity index (χ1n) is 10.3. The van der Waals surface area contributed by atoms with Crippen molar-refractivity contribution in [3.8, 4) is 22.4 Å². The van der Waals surface area contributed by atoms with Crippen molar-refractivity contribution in [3.63, 3.8) is 0 Å². The Kier molecular flexibility index (Phi) is 6.02. The molecule has 30 heavy (non-hydrogen) atoms. The summed E-state index contributed by atoms with van der Waals surface area (Å²) in [6.45, 7) is 3.95. The number of anilines is 1. The van der Waals surface area contributed by atoms with E-state index >= 15 is 0 Å². The fraction of sp³-hybridized carbons (Fsp3) is 0.200. The number of aromatic nitrogens is 2. The van der Waals surface area contributed by atoms with Crippen LogP contribution in [0.2, 0.25) is 0 Å². The van der Waals surface area contributed by atoms with Crippen LogP contribution in [0.25, 0.3) is 33.3 Å². The van der Waals surface area contributed by atoms with Crippen molar-refractivity contribution in [2.75, 3.05) is 24.6 Å². The number of aliphatic hydroxyl groups is 1. The quantitative estimate of drug-likeness (QED) is 0.487. The molecule has 0 radical (unpaired) electrons. The fourth-order valence-corrected chi connectivity index (χ4v) is 3.72. The number of rotatable bonds is 7. The summed E-state index contributed by atoms with van der Waals surface area (Å²) < 4.78 is 0. The van der Waals surface area contributed by atoms with Crippen LogP contribution in [-0.4, -0.2) is 34.8 Å². The highest BCUT2D eigenvalue weighted by atomic mass is 16.3. The first kappa shape index (κ1) is 20.0. The van der Waals surface area contributed by atoms with Gasteiger partial charge >= 0.3 is 0 Å². The Labute approximate surface area is 176 Å². The standard InChI is InChI=1S/C25H26N4O/c1-2-29(14-15-30)25-22-16-21(19-6-4-3-5-7-19)24(28-23(22)12-13-27-25)20-10-8-18(17-26)9-11-20/h3-13,16,30H,2,14-15,17,26H2,1H3. The molecule has 0 aliphatic rings. The lowest BCUT2D eigenvalue weighted by Gasteiger charge is -2.23. The van der Waals surface area contributed by atoms with E-state index in [1.807, 2.05) is 36.4 Å². The number of nitrogens with zero attached hydrogens (tertiary/aromatic N) is 3. The molecule has 0 bridgehead atoms. The molecule has 0 aliphatic carbocycles. The molecule has 0 fully saturated rings. The van der Waals surface area contributed by atoms with Gasteiger partial charge in [-0.3, -0.25) is 0 Å². The van der Waals surface area contributed by atoms with Crippen LogP contribution in [0.1, 0.15) is 12.5 Å². The number of hydrogen-bond acceptors (Lipinski definition) is 5. The zero-order chi connectivity index (χ0) is 20.9. The number of fused-ring (bicyclic) bond motifs is 1. The van der Waals surface area contributed by atoms with Gasteiger partial charge in [0, 0.05) is 42.3 Å². The maximum Gasteiger partial charge on any atom is 0.138 e.